The maximum atomic E-state index is 13.1. The molecule has 0 saturated heterocycles. The predicted molar refractivity (Wildman–Crippen MR) is 143 cm³/mol. The van der Waals surface area contributed by atoms with Crippen LogP contribution < -0.4 is 16.6 Å². The van der Waals surface area contributed by atoms with Crippen LogP contribution in [-0.2, 0) is 4.79 Å². The fourth-order valence-electron chi connectivity index (χ4n) is 3.62. The number of carbonyl (C=O) groups is 1. The first-order valence-corrected chi connectivity index (χ1v) is 11.6. The summed E-state index contributed by atoms with van der Waals surface area (Å²) in [6, 6.07) is 14.4. The van der Waals surface area contributed by atoms with Crippen LogP contribution in [-0.4, -0.2) is 27.0 Å². The largest absolute Gasteiger partial charge is 0.405 e. The molecule has 4 rings (SSSR count). The molecular weight excluding hydrogens is 494 g/mol. The SMILES string of the molecule is Cc1ccc(-n2c(=O)ccc3cnc4ccc(N=CC=CN)cc4c32)cc1NC(=O)/C=C/CBr. The maximum Gasteiger partial charge on any atom is 0.255 e. The normalized spacial score (nSPS) is 11.9. The number of aliphatic imine (C=N–C) groups is 1. The summed E-state index contributed by atoms with van der Waals surface area (Å²) in [6.45, 7) is 1.90. The van der Waals surface area contributed by atoms with Gasteiger partial charge in [-0.05, 0) is 61.2 Å². The number of benzene rings is 2. The maximum absolute atomic E-state index is 13.1. The van der Waals surface area contributed by atoms with E-state index >= 15 is 0 Å². The molecule has 2 heterocycles. The highest BCUT2D eigenvalue weighted by Gasteiger charge is 2.13. The van der Waals surface area contributed by atoms with Crippen molar-refractivity contribution in [2.45, 2.75) is 6.92 Å². The van der Waals surface area contributed by atoms with Gasteiger partial charge in [0.15, 0.2) is 0 Å². The van der Waals surface area contributed by atoms with Gasteiger partial charge < -0.3 is 11.1 Å². The molecule has 2 aromatic heterocycles. The zero-order valence-corrected chi connectivity index (χ0v) is 20.0. The van der Waals surface area contributed by atoms with Gasteiger partial charge in [-0.1, -0.05) is 28.1 Å². The molecular formula is C26H22BrN5O2. The van der Waals surface area contributed by atoms with Gasteiger partial charge in [-0.25, -0.2) is 0 Å². The zero-order valence-electron chi connectivity index (χ0n) is 18.4. The van der Waals surface area contributed by atoms with Crippen LogP contribution >= 0.6 is 15.9 Å². The van der Waals surface area contributed by atoms with Crippen LogP contribution in [0.3, 0.4) is 0 Å². The Morgan fingerprint density at radius 3 is 2.85 bits per heavy atom. The fraction of sp³-hybridized carbons (Fsp3) is 0.0769. The highest BCUT2D eigenvalue weighted by Crippen LogP contribution is 2.29. The van der Waals surface area contributed by atoms with E-state index in [0.717, 1.165) is 21.9 Å². The number of fused-ring (bicyclic) bond motifs is 3. The number of nitrogens with one attached hydrogen (secondary N) is 1. The molecule has 0 aliphatic rings. The Labute approximate surface area is 204 Å². The Kier molecular flexibility index (Phi) is 6.98. The van der Waals surface area contributed by atoms with Crippen molar-refractivity contribution in [3.63, 3.8) is 0 Å². The second-order valence-electron chi connectivity index (χ2n) is 7.48. The van der Waals surface area contributed by atoms with Crippen molar-refractivity contribution in [3.05, 3.63) is 95.1 Å². The topological polar surface area (TPSA) is 102 Å². The van der Waals surface area contributed by atoms with E-state index in [1.54, 1.807) is 41.3 Å². The Bertz CT molecular complexity index is 1540. The van der Waals surface area contributed by atoms with Gasteiger partial charge in [-0.3, -0.25) is 24.1 Å². The molecule has 0 spiro atoms. The van der Waals surface area contributed by atoms with E-state index in [1.807, 2.05) is 37.3 Å². The molecule has 0 radical (unpaired) electrons. The molecule has 170 valence electrons. The first-order chi connectivity index (χ1) is 16.5. The number of anilines is 1. The van der Waals surface area contributed by atoms with Crippen molar-refractivity contribution >= 4 is 61.2 Å². The molecule has 4 aromatic rings. The second-order valence-corrected chi connectivity index (χ2v) is 8.13. The highest BCUT2D eigenvalue weighted by atomic mass is 79.9. The van der Waals surface area contributed by atoms with Crippen molar-refractivity contribution in [1.29, 1.82) is 0 Å². The van der Waals surface area contributed by atoms with Crippen molar-refractivity contribution in [1.82, 2.24) is 9.55 Å². The van der Waals surface area contributed by atoms with Crippen molar-refractivity contribution in [2.75, 3.05) is 10.6 Å². The van der Waals surface area contributed by atoms with E-state index in [1.165, 1.54) is 18.3 Å². The Balaban J connectivity index is 1.93. The molecule has 0 atom stereocenters. The average molecular weight is 516 g/mol. The average Bonchev–Trinajstić information content (AvgIpc) is 2.84. The predicted octanol–water partition coefficient (Wildman–Crippen LogP) is 4.91. The molecule has 0 aliphatic heterocycles. The lowest BCUT2D eigenvalue weighted by Gasteiger charge is -2.15. The number of amides is 1. The Morgan fingerprint density at radius 2 is 2.06 bits per heavy atom. The quantitative estimate of drug-likeness (QED) is 0.165. The van der Waals surface area contributed by atoms with E-state index in [0.29, 0.717) is 27.9 Å². The summed E-state index contributed by atoms with van der Waals surface area (Å²) in [7, 11) is 0. The molecule has 0 bridgehead atoms. The third-order valence-electron chi connectivity index (χ3n) is 5.22. The minimum Gasteiger partial charge on any atom is -0.405 e. The molecule has 0 unspecified atom stereocenters. The van der Waals surface area contributed by atoms with Gasteiger partial charge in [-0.15, -0.1) is 0 Å². The molecule has 0 aliphatic carbocycles. The van der Waals surface area contributed by atoms with E-state index in [9.17, 15) is 9.59 Å². The number of carbonyl (C=O) groups excluding carboxylic acids is 1. The number of hydrogen-bond donors (Lipinski definition) is 2. The molecule has 1 amide bonds. The summed E-state index contributed by atoms with van der Waals surface area (Å²) < 4.78 is 1.63. The van der Waals surface area contributed by atoms with Gasteiger partial charge in [0.2, 0.25) is 5.91 Å². The molecule has 34 heavy (non-hydrogen) atoms. The van der Waals surface area contributed by atoms with Crippen LogP contribution in [0, 0.1) is 6.92 Å². The number of halogens is 1. The van der Waals surface area contributed by atoms with Gasteiger partial charge >= 0.3 is 0 Å². The second kappa shape index (κ2) is 10.3. The summed E-state index contributed by atoms with van der Waals surface area (Å²) in [5.74, 6) is -0.242. The summed E-state index contributed by atoms with van der Waals surface area (Å²) in [6.07, 6.45) is 9.57. The minimum absolute atomic E-state index is 0.194. The lowest BCUT2D eigenvalue weighted by atomic mass is 10.1. The van der Waals surface area contributed by atoms with Gasteiger partial charge in [0.1, 0.15) is 0 Å². The Morgan fingerprint density at radius 1 is 1.21 bits per heavy atom. The van der Waals surface area contributed by atoms with Crippen molar-refractivity contribution < 1.29 is 4.79 Å². The lowest BCUT2D eigenvalue weighted by molar-refractivity contribution is -0.111. The van der Waals surface area contributed by atoms with E-state index in [4.69, 9.17) is 5.73 Å². The van der Waals surface area contributed by atoms with E-state index < -0.39 is 0 Å². The Hall–Kier alpha value is -4.04. The number of aromatic nitrogens is 2. The number of pyridine rings is 2. The number of alkyl halides is 1. The first kappa shape index (κ1) is 23.1. The van der Waals surface area contributed by atoms with Gasteiger partial charge in [0.25, 0.3) is 5.56 Å². The third kappa shape index (κ3) is 4.82. The van der Waals surface area contributed by atoms with Crippen LogP contribution in [0.4, 0.5) is 11.4 Å². The van der Waals surface area contributed by atoms with Crippen molar-refractivity contribution in [2.24, 2.45) is 10.7 Å². The fourth-order valence-corrected chi connectivity index (χ4v) is 3.81. The number of aryl methyl sites for hydroxylation is 1. The number of nitrogens with two attached hydrogens (primary N) is 1. The summed E-state index contributed by atoms with van der Waals surface area (Å²) >= 11 is 3.27. The van der Waals surface area contributed by atoms with Crippen LogP contribution in [0.5, 0.6) is 0 Å². The number of nitrogens with zero attached hydrogens (tertiary/aromatic N) is 3. The van der Waals surface area contributed by atoms with Gasteiger partial charge in [0.05, 0.1) is 22.4 Å². The van der Waals surface area contributed by atoms with Crippen LogP contribution in [0.25, 0.3) is 27.5 Å². The van der Waals surface area contributed by atoms with E-state index in [-0.39, 0.29) is 11.5 Å². The summed E-state index contributed by atoms with van der Waals surface area (Å²) in [5, 5.41) is 5.06. The molecule has 7 nitrogen and oxygen atoms in total. The molecule has 3 N–H and O–H groups in total. The monoisotopic (exact) mass is 515 g/mol. The van der Waals surface area contributed by atoms with E-state index in [2.05, 4.69) is 31.2 Å². The smallest absolute Gasteiger partial charge is 0.255 e. The van der Waals surface area contributed by atoms with Gasteiger partial charge in [-0.2, -0.15) is 0 Å². The lowest BCUT2D eigenvalue weighted by Crippen LogP contribution is -2.18. The van der Waals surface area contributed by atoms with Gasteiger partial charge in [0, 0.05) is 46.3 Å². The molecule has 2 aromatic carbocycles. The zero-order chi connectivity index (χ0) is 24.1. The number of allylic oxidation sites excluding steroid dienone is 2. The molecule has 0 fully saturated rings. The molecule has 8 heteroatoms. The highest BCUT2D eigenvalue weighted by molar-refractivity contribution is 9.09. The van der Waals surface area contributed by atoms with Crippen LogP contribution in [0.2, 0.25) is 0 Å². The number of hydrogen-bond acceptors (Lipinski definition) is 5. The summed E-state index contributed by atoms with van der Waals surface area (Å²) in [5.41, 5.74) is 9.49. The van der Waals surface area contributed by atoms with Crippen LogP contribution in [0.1, 0.15) is 5.56 Å². The van der Waals surface area contributed by atoms with Crippen molar-refractivity contribution in [3.8, 4) is 5.69 Å². The first-order valence-electron chi connectivity index (χ1n) is 10.5. The minimum atomic E-state index is -0.242. The van der Waals surface area contributed by atoms with Crippen LogP contribution in [0.15, 0.2) is 88.9 Å². The number of rotatable bonds is 6. The third-order valence-corrected chi connectivity index (χ3v) is 5.59. The summed E-state index contributed by atoms with van der Waals surface area (Å²) in [4.78, 5) is 34.3. The molecule has 0 saturated carbocycles. The standard InChI is InChI=1S/C26H22BrN5O2/c1-17-5-8-20(15-23(17)31-24(33)4-2-11-27)32-25(34)10-6-18-16-30-22-9-7-19(29-13-3-12-28)14-21(22)26(18)32/h2-10,12-16H,11,28H2,1H3,(H,31,33)/b4-2+,12-3?,29-13?.